The van der Waals surface area contributed by atoms with E-state index in [2.05, 4.69) is 118 Å². The first-order valence-electron chi connectivity index (χ1n) is 16.3. The average Bonchev–Trinajstić information content (AvgIpc) is 3.69. The van der Waals surface area contributed by atoms with Gasteiger partial charge in [-0.05, 0) is 83.4 Å². The molecule has 5 heteroatoms. The van der Waals surface area contributed by atoms with Gasteiger partial charge in [-0.15, -0.1) is 0 Å². The number of benzene rings is 7. The van der Waals surface area contributed by atoms with E-state index in [1.165, 1.54) is 0 Å². The molecule has 9 aromatic rings. The lowest BCUT2D eigenvalue weighted by Gasteiger charge is -2.16. The predicted molar refractivity (Wildman–Crippen MR) is 200 cm³/mol. The molecule has 0 aliphatic carbocycles. The maximum atomic E-state index is 10.3. The van der Waals surface area contributed by atoms with Crippen LogP contribution < -0.4 is 0 Å². The van der Waals surface area contributed by atoms with Gasteiger partial charge in [0.25, 0.3) is 0 Å². The third-order valence-electron chi connectivity index (χ3n) is 9.62. The van der Waals surface area contributed by atoms with E-state index >= 15 is 0 Å². The normalized spacial score (nSPS) is 11.1. The molecule has 0 bridgehead atoms. The number of hydrogen-bond acceptors (Lipinski definition) is 3. The van der Waals surface area contributed by atoms with Crippen LogP contribution in [0, 0.1) is 34.0 Å². The topological polar surface area (TPSA) is 81.2 Å². The Bertz CT molecular complexity index is 2830. The van der Waals surface area contributed by atoms with Gasteiger partial charge in [-0.1, -0.05) is 84.9 Å². The number of rotatable bonds is 4. The smallest absolute Gasteiger partial charge is 0.101 e. The van der Waals surface area contributed by atoms with Gasteiger partial charge in [0.1, 0.15) is 6.07 Å². The molecule has 0 aliphatic heterocycles. The van der Waals surface area contributed by atoms with Crippen molar-refractivity contribution in [1.29, 1.82) is 15.8 Å². The highest BCUT2D eigenvalue weighted by molar-refractivity contribution is 6.11. The highest BCUT2D eigenvalue weighted by Crippen LogP contribution is 2.39. The second-order valence-electron chi connectivity index (χ2n) is 12.3. The summed E-state index contributed by atoms with van der Waals surface area (Å²) in [6.07, 6.45) is 0. The van der Waals surface area contributed by atoms with Crippen LogP contribution in [-0.4, -0.2) is 9.13 Å². The maximum absolute atomic E-state index is 10.3. The minimum atomic E-state index is 0.578. The van der Waals surface area contributed by atoms with Crippen molar-refractivity contribution in [1.82, 2.24) is 9.13 Å². The van der Waals surface area contributed by atoms with E-state index in [1.54, 1.807) is 0 Å². The maximum Gasteiger partial charge on any atom is 0.101 e. The van der Waals surface area contributed by atoms with E-state index in [0.29, 0.717) is 16.7 Å². The zero-order chi connectivity index (χ0) is 33.8. The van der Waals surface area contributed by atoms with Gasteiger partial charge in [-0.2, -0.15) is 15.8 Å². The Morgan fingerprint density at radius 3 is 1.54 bits per heavy atom. The summed E-state index contributed by atoms with van der Waals surface area (Å²) in [5, 5.41) is 33.7. The van der Waals surface area contributed by atoms with Crippen LogP contribution in [0.25, 0.3) is 77.2 Å². The molecule has 0 aliphatic rings. The second-order valence-corrected chi connectivity index (χ2v) is 12.3. The van der Waals surface area contributed by atoms with Crippen molar-refractivity contribution in [3.05, 3.63) is 168 Å². The average molecular weight is 636 g/mol. The quantitative estimate of drug-likeness (QED) is 0.193. The van der Waals surface area contributed by atoms with Crippen molar-refractivity contribution in [2.45, 2.75) is 0 Å². The third kappa shape index (κ3) is 4.38. The molecular formula is C45H25N5. The number of fused-ring (bicyclic) bond motifs is 6. The molecule has 0 spiro atoms. The van der Waals surface area contributed by atoms with Crippen LogP contribution in [0.4, 0.5) is 0 Å². The monoisotopic (exact) mass is 635 g/mol. The zero-order valence-corrected chi connectivity index (χ0v) is 26.7. The zero-order valence-electron chi connectivity index (χ0n) is 26.7. The lowest BCUT2D eigenvalue weighted by molar-refractivity contribution is 1.17. The molecule has 2 aromatic heterocycles. The van der Waals surface area contributed by atoms with Gasteiger partial charge >= 0.3 is 0 Å². The van der Waals surface area contributed by atoms with Crippen LogP contribution in [0.15, 0.2) is 152 Å². The number of nitrogens with zero attached hydrogens (tertiary/aromatic N) is 5. The molecule has 0 fully saturated rings. The van der Waals surface area contributed by atoms with Crippen molar-refractivity contribution in [2.75, 3.05) is 0 Å². The fraction of sp³-hybridized carbons (Fsp3) is 0. The summed E-state index contributed by atoms with van der Waals surface area (Å²) < 4.78 is 4.41. The van der Waals surface area contributed by atoms with E-state index < -0.39 is 0 Å². The van der Waals surface area contributed by atoms with E-state index in [4.69, 9.17) is 0 Å². The molecule has 0 unspecified atom stereocenters. The summed E-state index contributed by atoms with van der Waals surface area (Å²) in [6.45, 7) is 0. The summed E-state index contributed by atoms with van der Waals surface area (Å²) in [6, 6.07) is 57.9. The van der Waals surface area contributed by atoms with Gasteiger partial charge < -0.3 is 9.13 Å². The number of aromatic nitrogens is 2. The van der Waals surface area contributed by atoms with Crippen LogP contribution in [-0.2, 0) is 0 Å². The fourth-order valence-electron chi connectivity index (χ4n) is 7.38. The first-order valence-corrected chi connectivity index (χ1v) is 16.3. The summed E-state index contributed by atoms with van der Waals surface area (Å²) >= 11 is 0. The Hall–Kier alpha value is -7.39. The number of hydrogen-bond donors (Lipinski definition) is 0. The molecule has 0 saturated carbocycles. The highest BCUT2D eigenvalue weighted by Gasteiger charge is 2.19. The molecule has 2 heterocycles. The summed E-state index contributed by atoms with van der Waals surface area (Å²) in [7, 11) is 0. The molecule has 7 aromatic carbocycles. The van der Waals surface area contributed by atoms with Crippen molar-refractivity contribution in [2.24, 2.45) is 0 Å². The molecule has 0 saturated heterocycles. The molecule has 0 N–H and O–H groups in total. The summed E-state index contributed by atoms with van der Waals surface area (Å²) in [5.41, 5.74) is 11.8. The lowest BCUT2D eigenvalue weighted by atomic mass is 9.97. The summed E-state index contributed by atoms with van der Waals surface area (Å²) in [5.74, 6) is 0. The minimum Gasteiger partial charge on any atom is -0.309 e. The lowest BCUT2D eigenvalue weighted by Crippen LogP contribution is -2.00. The van der Waals surface area contributed by atoms with Gasteiger partial charge in [0.05, 0.1) is 56.6 Å². The van der Waals surface area contributed by atoms with Crippen molar-refractivity contribution >= 4 is 43.6 Å². The Labute approximate surface area is 287 Å². The van der Waals surface area contributed by atoms with Crippen molar-refractivity contribution < 1.29 is 0 Å². The third-order valence-corrected chi connectivity index (χ3v) is 9.62. The molecule has 5 nitrogen and oxygen atoms in total. The van der Waals surface area contributed by atoms with E-state index in [1.807, 2.05) is 60.7 Å². The Kier molecular flexibility index (Phi) is 6.56. The number of nitriles is 3. The first-order chi connectivity index (χ1) is 24.7. The van der Waals surface area contributed by atoms with Gasteiger partial charge in [0, 0.05) is 32.8 Å². The molecule has 0 atom stereocenters. The highest BCUT2D eigenvalue weighted by atomic mass is 15.0. The Morgan fingerprint density at radius 1 is 0.380 bits per heavy atom. The van der Waals surface area contributed by atoms with Gasteiger partial charge in [-0.3, -0.25) is 0 Å². The van der Waals surface area contributed by atoms with Crippen LogP contribution >= 0.6 is 0 Å². The van der Waals surface area contributed by atoms with Crippen molar-refractivity contribution in [3.8, 4) is 51.8 Å². The molecule has 230 valence electrons. The molecule has 0 radical (unpaired) electrons. The molecular weight excluding hydrogens is 611 g/mol. The van der Waals surface area contributed by atoms with Gasteiger partial charge in [-0.25, -0.2) is 0 Å². The standard InChI is InChI=1S/C45H25N5/c46-26-29-15-21-43-39(23-29)40-24-30(27-47)16-22-44(40)49(43)35-9-5-7-33(25-35)31-17-19-32(20-18-31)36-12-6-8-34(28-48)45(36)50-41-13-3-1-10-37(41)38-11-2-4-14-42(38)50/h1-25H. The van der Waals surface area contributed by atoms with Crippen LogP contribution in [0.2, 0.25) is 0 Å². The first kappa shape index (κ1) is 28.8. The van der Waals surface area contributed by atoms with Crippen molar-refractivity contribution in [3.63, 3.8) is 0 Å². The Morgan fingerprint density at radius 2 is 0.940 bits per heavy atom. The van der Waals surface area contributed by atoms with Crippen LogP contribution in [0.1, 0.15) is 16.7 Å². The van der Waals surface area contributed by atoms with E-state index in [-0.39, 0.29) is 0 Å². The van der Waals surface area contributed by atoms with Crippen LogP contribution in [0.5, 0.6) is 0 Å². The SMILES string of the molecule is N#Cc1ccc2c(c1)c1cc(C#N)ccc1n2-c1cccc(-c2ccc(-c3cccc(C#N)c3-n3c4ccccc4c4ccccc43)cc2)c1. The predicted octanol–water partition coefficient (Wildman–Crippen LogP) is 10.8. The van der Waals surface area contributed by atoms with E-state index in [9.17, 15) is 15.8 Å². The number of para-hydroxylation sites is 3. The fourth-order valence-corrected chi connectivity index (χ4v) is 7.38. The summed E-state index contributed by atoms with van der Waals surface area (Å²) in [4.78, 5) is 0. The van der Waals surface area contributed by atoms with E-state index in [0.717, 1.165) is 77.2 Å². The molecule has 0 amide bonds. The van der Waals surface area contributed by atoms with Crippen LogP contribution in [0.3, 0.4) is 0 Å². The Balaban J connectivity index is 1.17. The van der Waals surface area contributed by atoms with Gasteiger partial charge in [0.15, 0.2) is 0 Å². The molecule has 9 rings (SSSR count). The molecule has 50 heavy (non-hydrogen) atoms. The minimum absolute atomic E-state index is 0.578. The largest absolute Gasteiger partial charge is 0.309 e. The second kappa shape index (κ2) is 11.4. The van der Waals surface area contributed by atoms with Gasteiger partial charge in [0.2, 0.25) is 0 Å².